The lowest BCUT2D eigenvalue weighted by molar-refractivity contribution is 0.1000. The zero-order valence-corrected chi connectivity index (χ0v) is 7.23. The van der Waals surface area contributed by atoms with Crippen LogP contribution < -0.4 is 11.5 Å². The van der Waals surface area contributed by atoms with Gasteiger partial charge in [0.1, 0.15) is 0 Å². The molecular formula is C10H12N2O. The third-order valence-electron chi connectivity index (χ3n) is 1.81. The number of carbonyl (C=O) groups is 1. The number of nitrogens with two attached hydrogens (primary N) is 2. The Morgan fingerprint density at radius 3 is 2.77 bits per heavy atom. The number of hydrogen-bond donors (Lipinski definition) is 2. The van der Waals surface area contributed by atoms with Gasteiger partial charge in [-0.3, -0.25) is 4.79 Å². The summed E-state index contributed by atoms with van der Waals surface area (Å²) in [5.74, 6) is -0.446. The van der Waals surface area contributed by atoms with Gasteiger partial charge in [-0.05, 0) is 17.7 Å². The van der Waals surface area contributed by atoms with E-state index in [2.05, 4.69) is 6.58 Å². The molecule has 0 heterocycles. The molecule has 1 unspecified atom stereocenters. The molecule has 0 aliphatic heterocycles. The minimum absolute atomic E-state index is 0.251. The second-order valence-corrected chi connectivity index (χ2v) is 2.75. The zero-order valence-electron chi connectivity index (χ0n) is 7.23. The smallest absolute Gasteiger partial charge is 0.248 e. The van der Waals surface area contributed by atoms with Crippen LogP contribution in [0, 0.1) is 0 Å². The maximum atomic E-state index is 10.8. The predicted octanol–water partition coefficient (Wildman–Crippen LogP) is 0.971. The van der Waals surface area contributed by atoms with Crippen LogP contribution in [-0.4, -0.2) is 5.91 Å². The van der Waals surface area contributed by atoms with Gasteiger partial charge >= 0.3 is 0 Å². The fourth-order valence-electron chi connectivity index (χ4n) is 1.04. The number of carbonyl (C=O) groups excluding carboxylic acids is 1. The number of rotatable bonds is 3. The monoisotopic (exact) mass is 176 g/mol. The van der Waals surface area contributed by atoms with E-state index < -0.39 is 5.91 Å². The van der Waals surface area contributed by atoms with E-state index in [4.69, 9.17) is 11.5 Å². The van der Waals surface area contributed by atoms with Crippen molar-refractivity contribution in [2.24, 2.45) is 11.5 Å². The van der Waals surface area contributed by atoms with E-state index in [1.165, 1.54) is 0 Å². The number of hydrogen-bond acceptors (Lipinski definition) is 2. The van der Waals surface area contributed by atoms with E-state index in [0.29, 0.717) is 5.56 Å². The van der Waals surface area contributed by atoms with E-state index in [-0.39, 0.29) is 6.04 Å². The molecule has 3 nitrogen and oxygen atoms in total. The topological polar surface area (TPSA) is 69.1 Å². The molecule has 1 rings (SSSR count). The van der Waals surface area contributed by atoms with Gasteiger partial charge in [-0.15, -0.1) is 6.58 Å². The molecule has 0 aliphatic rings. The summed E-state index contributed by atoms with van der Waals surface area (Å²) in [6, 6.07) is 6.66. The highest BCUT2D eigenvalue weighted by molar-refractivity contribution is 5.92. The van der Waals surface area contributed by atoms with Crippen LogP contribution in [0.5, 0.6) is 0 Å². The highest BCUT2D eigenvalue weighted by Crippen LogP contribution is 2.12. The number of amides is 1. The maximum Gasteiger partial charge on any atom is 0.248 e. The number of benzene rings is 1. The summed E-state index contributed by atoms with van der Waals surface area (Å²) in [4.78, 5) is 10.8. The van der Waals surface area contributed by atoms with E-state index in [1.54, 1.807) is 24.3 Å². The van der Waals surface area contributed by atoms with Crippen molar-refractivity contribution in [3.63, 3.8) is 0 Å². The molecule has 1 amide bonds. The first-order chi connectivity index (χ1) is 6.15. The molecule has 0 saturated heterocycles. The molecule has 3 heteroatoms. The van der Waals surface area contributed by atoms with Crippen molar-refractivity contribution in [3.8, 4) is 0 Å². The van der Waals surface area contributed by atoms with Gasteiger partial charge in [0.2, 0.25) is 5.91 Å². The molecule has 0 saturated carbocycles. The molecule has 0 bridgehead atoms. The first-order valence-electron chi connectivity index (χ1n) is 3.93. The Morgan fingerprint density at radius 2 is 2.23 bits per heavy atom. The van der Waals surface area contributed by atoms with Crippen molar-refractivity contribution in [3.05, 3.63) is 48.0 Å². The Morgan fingerprint density at radius 1 is 1.54 bits per heavy atom. The van der Waals surface area contributed by atoms with Crippen LogP contribution in [0.4, 0.5) is 0 Å². The van der Waals surface area contributed by atoms with Gasteiger partial charge < -0.3 is 11.5 Å². The third kappa shape index (κ3) is 2.16. The van der Waals surface area contributed by atoms with E-state index in [0.717, 1.165) is 5.56 Å². The average molecular weight is 176 g/mol. The van der Waals surface area contributed by atoms with Crippen LogP contribution >= 0.6 is 0 Å². The molecule has 0 aliphatic carbocycles. The first-order valence-corrected chi connectivity index (χ1v) is 3.93. The minimum atomic E-state index is -0.446. The van der Waals surface area contributed by atoms with Crippen molar-refractivity contribution in [2.45, 2.75) is 6.04 Å². The van der Waals surface area contributed by atoms with Crippen LogP contribution in [0.25, 0.3) is 0 Å². The van der Waals surface area contributed by atoms with Gasteiger partial charge in [0, 0.05) is 11.6 Å². The maximum absolute atomic E-state index is 10.8. The summed E-state index contributed by atoms with van der Waals surface area (Å²) in [5.41, 5.74) is 12.1. The van der Waals surface area contributed by atoms with Crippen molar-refractivity contribution < 1.29 is 4.79 Å². The van der Waals surface area contributed by atoms with Crippen LogP contribution in [0.15, 0.2) is 36.9 Å². The van der Waals surface area contributed by atoms with Crippen LogP contribution in [0.2, 0.25) is 0 Å². The summed E-state index contributed by atoms with van der Waals surface area (Å²) in [6.45, 7) is 3.57. The molecule has 0 fully saturated rings. The zero-order chi connectivity index (χ0) is 9.84. The molecule has 0 spiro atoms. The molecule has 1 aromatic rings. The Hall–Kier alpha value is -1.61. The third-order valence-corrected chi connectivity index (χ3v) is 1.81. The average Bonchev–Trinajstić information content (AvgIpc) is 2.17. The molecule has 1 aromatic carbocycles. The Kier molecular flexibility index (Phi) is 2.82. The standard InChI is InChI=1S/C10H12N2O/c1-2-9(11)7-4-3-5-8(6-7)10(12)13/h2-6,9H,1,11H2,(H2,12,13). The van der Waals surface area contributed by atoms with Gasteiger partial charge in [-0.25, -0.2) is 0 Å². The fraction of sp³-hybridized carbons (Fsp3) is 0.100. The van der Waals surface area contributed by atoms with Crippen LogP contribution in [0.3, 0.4) is 0 Å². The molecule has 13 heavy (non-hydrogen) atoms. The van der Waals surface area contributed by atoms with Crippen molar-refractivity contribution >= 4 is 5.91 Å². The lowest BCUT2D eigenvalue weighted by Crippen LogP contribution is -2.13. The quantitative estimate of drug-likeness (QED) is 0.674. The normalized spacial score (nSPS) is 12.1. The molecule has 0 radical (unpaired) electrons. The van der Waals surface area contributed by atoms with E-state index in [9.17, 15) is 4.79 Å². The highest BCUT2D eigenvalue weighted by atomic mass is 16.1. The first kappa shape index (κ1) is 9.48. The van der Waals surface area contributed by atoms with Gasteiger partial charge in [-0.2, -0.15) is 0 Å². The van der Waals surface area contributed by atoms with E-state index in [1.807, 2.05) is 6.07 Å². The minimum Gasteiger partial charge on any atom is -0.366 e. The molecule has 0 aromatic heterocycles. The largest absolute Gasteiger partial charge is 0.366 e. The predicted molar refractivity (Wildman–Crippen MR) is 52.1 cm³/mol. The fourth-order valence-corrected chi connectivity index (χ4v) is 1.04. The van der Waals surface area contributed by atoms with Crippen LogP contribution in [-0.2, 0) is 0 Å². The Labute approximate surface area is 77.0 Å². The lowest BCUT2D eigenvalue weighted by Gasteiger charge is -2.06. The van der Waals surface area contributed by atoms with Gasteiger partial charge in [0.25, 0.3) is 0 Å². The summed E-state index contributed by atoms with van der Waals surface area (Å²) in [7, 11) is 0. The summed E-state index contributed by atoms with van der Waals surface area (Å²) in [5, 5.41) is 0. The lowest BCUT2D eigenvalue weighted by atomic mass is 10.0. The molecule has 68 valence electrons. The van der Waals surface area contributed by atoms with Crippen LogP contribution in [0.1, 0.15) is 22.0 Å². The number of primary amides is 1. The second-order valence-electron chi connectivity index (χ2n) is 2.75. The molecular weight excluding hydrogens is 164 g/mol. The van der Waals surface area contributed by atoms with Crippen molar-refractivity contribution in [1.29, 1.82) is 0 Å². The van der Waals surface area contributed by atoms with Crippen molar-refractivity contribution in [1.82, 2.24) is 0 Å². The van der Waals surface area contributed by atoms with Gasteiger partial charge in [0.15, 0.2) is 0 Å². The summed E-state index contributed by atoms with van der Waals surface area (Å²) >= 11 is 0. The van der Waals surface area contributed by atoms with Gasteiger partial charge in [-0.1, -0.05) is 18.2 Å². The Balaban J connectivity index is 3.04. The highest BCUT2D eigenvalue weighted by Gasteiger charge is 2.04. The Bertz CT molecular complexity index is 333. The molecule has 4 N–H and O–H groups in total. The summed E-state index contributed by atoms with van der Waals surface area (Å²) in [6.07, 6.45) is 1.61. The summed E-state index contributed by atoms with van der Waals surface area (Å²) < 4.78 is 0. The van der Waals surface area contributed by atoms with Crippen molar-refractivity contribution in [2.75, 3.05) is 0 Å². The van der Waals surface area contributed by atoms with Gasteiger partial charge in [0.05, 0.1) is 0 Å². The second kappa shape index (κ2) is 3.87. The molecule has 1 atom stereocenters. The van der Waals surface area contributed by atoms with E-state index >= 15 is 0 Å². The SMILES string of the molecule is C=CC(N)c1cccc(C(N)=O)c1.